The van der Waals surface area contributed by atoms with Gasteiger partial charge >= 0.3 is 0 Å². The quantitative estimate of drug-likeness (QED) is 0.627. The van der Waals surface area contributed by atoms with E-state index in [1.165, 1.54) is 0 Å². The Morgan fingerprint density at radius 2 is 1.83 bits per heavy atom. The number of hydrogen-bond acceptors (Lipinski definition) is 4. The Morgan fingerprint density at radius 1 is 1.33 bits per heavy atom. The fourth-order valence-electron chi connectivity index (χ4n) is 0.747. The largest absolute Gasteiger partial charge is 0.330 e. The van der Waals surface area contributed by atoms with E-state index in [9.17, 15) is 0 Å². The topological polar surface area (TPSA) is 42.2 Å². The summed E-state index contributed by atoms with van der Waals surface area (Å²) in [7, 11) is 0. The normalized spacial score (nSPS) is 11.1. The highest BCUT2D eigenvalue weighted by molar-refractivity contribution is 8.09. The van der Waals surface area contributed by atoms with E-state index in [4.69, 9.17) is 26.1 Å². The Kier molecular flexibility index (Phi) is 6.60. The third kappa shape index (κ3) is 4.84. The molecule has 0 aliphatic carbocycles. The molecule has 0 saturated heterocycles. The standard InChI is InChI=1S/C7H14NO2PS/c1-3-9-11(12,10-4-2)7-5-6-8/h3-5,7H2,1-2H3. The van der Waals surface area contributed by atoms with Gasteiger partial charge in [-0.3, -0.25) is 0 Å². The molecule has 0 amide bonds. The van der Waals surface area contributed by atoms with Crippen LogP contribution in [0, 0.1) is 11.3 Å². The number of nitriles is 1. The molecule has 5 heteroatoms. The Bertz CT molecular complexity index is 192. The van der Waals surface area contributed by atoms with Crippen LogP contribution in [0.1, 0.15) is 20.3 Å². The molecule has 70 valence electrons. The summed E-state index contributed by atoms with van der Waals surface area (Å²) < 4.78 is 10.6. The summed E-state index contributed by atoms with van der Waals surface area (Å²) in [6, 6.07) is 2.04. The minimum absolute atomic E-state index is 0.414. The zero-order valence-corrected chi connectivity index (χ0v) is 9.16. The van der Waals surface area contributed by atoms with Gasteiger partial charge in [0.25, 0.3) is 0 Å². The molecule has 0 aliphatic rings. The molecule has 0 heterocycles. The fourth-order valence-corrected chi connectivity index (χ4v) is 3.15. The van der Waals surface area contributed by atoms with Crippen LogP contribution in [0.2, 0.25) is 0 Å². The molecule has 0 bridgehead atoms. The van der Waals surface area contributed by atoms with Crippen molar-refractivity contribution in [2.45, 2.75) is 20.3 Å². The van der Waals surface area contributed by atoms with Crippen LogP contribution < -0.4 is 0 Å². The van der Waals surface area contributed by atoms with Crippen molar-refractivity contribution >= 4 is 18.3 Å². The van der Waals surface area contributed by atoms with Gasteiger partial charge in [-0.2, -0.15) is 5.26 Å². The first-order valence-corrected chi connectivity index (χ1v) is 6.76. The van der Waals surface area contributed by atoms with Crippen LogP contribution in [0.4, 0.5) is 0 Å². The number of rotatable bonds is 6. The summed E-state index contributed by atoms with van der Waals surface area (Å²) in [6.07, 6.45) is 0.970. The van der Waals surface area contributed by atoms with Gasteiger partial charge in [0, 0.05) is 12.6 Å². The highest BCUT2D eigenvalue weighted by atomic mass is 32.5. The summed E-state index contributed by atoms with van der Waals surface area (Å²) in [4.78, 5) is 0. The van der Waals surface area contributed by atoms with Gasteiger partial charge in [0.15, 0.2) is 6.49 Å². The van der Waals surface area contributed by atoms with E-state index in [-0.39, 0.29) is 0 Å². The number of hydrogen-bond donors (Lipinski definition) is 0. The summed E-state index contributed by atoms with van der Waals surface area (Å²) in [5, 5.41) is 8.38. The lowest BCUT2D eigenvalue weighted by Crippen LogP contribution is -1.99. The van der Waals surface area contributed by atoms with Crippen LogP contribution in [0.25, 0.3) is 0 Å². The smallest absolute Gasteiger partial charge is 0.189 e. The maximum Gasteiger partial charge on any atom is 0.189 e. The third-order valence-corrected chi connectivity index (χ3v) is 4.40. The lowest BCUT2D eigenvalue weighted by Gasteiger charge is -2.19. The number of nitrogens with zero attached hydrogens (tertiary/aromatic N) is 1. The van der Waals surface area contributed by atoms with E-state index >= 15 is 0 Å². The van der Waals surface area contributed by atoms with Crippen molar-refractivity contribution in [2.24, 2.45) is 0 Å². The molecule has 0 fully saturated rings. The lowest BCUT2D eigenvalue weighted by atomic mass is 10.6. The van der Waals surface area contributed by atoms with Crippen LogP contribution >= 0.6 is 6.49 Å². The minimum Gasteiger partial charge on any atom is -0.330 e. The van der Waals surface area contributed by atoms with Crippen molar-refractivity contribution in [3.63, 3.8) is 0 Å². The fraction of sp³-hybridized carbons (Fsp3) is 0.857. The summed E-state index contributed by atoms with van der Waals surface area (Å²) in [6.45, 7) is 2.75. The van der Waals surface area contributed by atoms with Crippen molar-refractivity contribution in [1.82, 2.24) is 0 Å². The molecule has 0 atom stereocenters. The van der Waals surface area contributed by atoms with E-state index in [2.05, 4.69) is 0 Å². The van der Waals surface area contributed by atoms with Gasteiger partial charge in [-0.15, -0.1) is 0 Å². The van der Waals surface area contributed by atoms with Crippen LogP contribution in [-0.4, -0.2) is 19.4 Å². The van der Waals surface area contributed by atoms with Gasteiger partial charge < -0.3 is 9.05 Å². The average Bonchev–Trinajstić information content (AvgIpc) is 2.02. The second-order valence-electron chi connectivity index (χ2n) is 2.08. The molecule has 0 aromatic rings. The first-order valence-electron chi connectivity index (χ1n) is 3.93. The maximum absolute atomic E-state index is 8.38. The Morgan fingerprint density at radius 3 is 2.17 bits per heavy atom. The first-order chi connectivity index (χ1) is 5.68. The van der Waals surface area contributed by atoms with Crippen molar-refractivity contribution in [1.29, 1.82) is 5.26 Å². The van der Waals surface area contributed by atoms with Crippen molar-refractivity contribution in [3.8, 4) is 6.07 Å². The molecular formula is C7H14NO2PS. The molecule has 0 aromatic carbocycles. The van der Waals surface area contributed by atoms with E-state index in [0.717, 1.165) is 0 Å². The second kappa shape index (κ2) is 6.56. The van der Waals surface area contributed by atoms with Gasteiger partial charge in [-0.05, 0) is 25.7 Å². The SMILES string of the molecule is CCOP(=S)(CCC#N)OCC. The van der Waals surface area contributed by atoms with E-state index < -0.39 is 6.49 Å². The van der Waals surface area contributed by atoms with Gasteiger partial charge in [-0.1, -0.05) is 0 Å². The van der Waals surface area contributed by atoms with Crippen LogP contribution in [0.15, 0.2) is 0 Å². The molecule has 0 unspecified atom stereocenters. The van der Waals surface area contributed by atoms with Gasteiger partial charge in [-0.25, -0.2) is 0 Å². The molecular weight excluding hydrogens is 193 g/mol. The average molecular weight is 207 g/mol. The summed E-state index contributed by atoms with van der Waals surface area (Å²) in [5.74, 6) is 0. The first kappa shape index (κ1) is 12.1. The predicted molar refractivity (Wildman–Crippen MR) is 52.6 cm³/mol. The van der Waals surface area contributed by atoms with Gasteiger partial charge in [0.1, 0.15) is 0 Å². The monoisotopic (exact) mass is 207 g/mol. The third-order valence-electron chi connectivity index (χ3n) is 1.15. The zero-order valence-electron chi connectivity index (χ0n) is 7.45. The van der Waals surface area contributed by atoms with Crippen LogP contribution in [0.3, 0.4) is 0 Å². The highest BCUT2D eigenvalue weighted by Crippen LogP contribution is 2.48. The zero-order chi connectivity index (χ0) is 9.45. The van der Waals surface area contributed by atoms with Crippen LogP contribution in [0.5, 0.6) is 0 Å². The molecule has 0 N–H and O–H groups in total. The second-order valence-corrected chi connectivity index (χ2v) is 5.93. The van der Waals surface area contributed by atoms with Crippen molar-refractivity contribution < 1.29 is 9.05 Å². The van der Waals surface area contributed by atoms with Crippen molar-refractivity contribution in [3.05, 3.63) is 0 Å². The van der Waals surface area contributed by atoms with Gasteiger partial charge in [0.2, 0.25) is 0 Å². The molecule has 0 radical (unpaired) electrons. The Labute approximate surface area is 78.8 Å². The summed E-state index contributed by atoms with van der Waals surface area (Å²) >= 11 is 5.18. The van der Waals surface area contributed by atoms with Crippen molar-refractivity contribution in [2.75, 3.05) is 19.4 Å². The minimum atomic E-state index is -2.13. The molecule has 0 aliphatic heterocycles. The molecule has 0 saturated carbocycles. The lowest BCUT2D eigenvalue weighted by molar-refractivity contribution is 0.267. The molecule has 0 rings (SSSR count). The van der Waals surface area contributed by atoms with Crippen LogP contribution in [-0.2, 0) is 20.9 Å². The van der Waals surface area contributed by atoms with Gasteiger partial charge in [0.05, 0.1) is 19.3 Å². The van der Waals surface area contributed by atoms with E-state index in [1.807, 2.05) is 19.9 Å². The maximum atomic E-state index is 8.38. The van der Waals surface area contributed by atoms with E-state index in [0.29, 0.717) is 25.8 Å². The molecule has 12 heavy (non-hydrogen) atoms. The predicted octanol–water partition coefficient (Wildman–Crippen LogP) is 2.28. The molecule has 0 aromatic heterocycles. The Balaban J connectivity index is 4.01. The molecule has 3 nitrogen and oxygen atoms in total. The Hall–Kier alpha value is 0.0600. The van der Waals surface area contributed by atoms with E-state index in [1.54, 1.807) is 0 Å². The summed E-state index contributed by atoms with van der Waals surface area (Å²) in [5.41, 5.74) is 0. The highest BCUT2D eigenvalue weighted by Gasteiger charge is 2.16. The molecule has 0 spiro atoms.